The molecule has 0 fully saturated rings. The zero-order chi connectivity index (χ0) is 30.5. The first kappa shape index (κ1) is 31.6. The highest BCUT2D eigenvalue weighted by atomic mass is 16.6. The number of nitrogens with one attached hydrogen (secondary N) is 1. The third-order valence-corrected chi connectivity index (χ3v) is 7.12. The summed E-state index contributed by atoms with van der Waals surface area (Å²) in [6.45, 7) is 13.4. The maximum Gasteiger partial charge on any atom is 0.407 e. The topological polar surface area (TPSA) is 114 Å². The Morgan fingerprint density at radius 1 is 1.10 bits per heavy atom. The fourth-order valence-electron chi connectivity index (χ4n) is 5.27. The van der Waals surface area contributed by atoms with Gasteiger partial charge in [-0.15, -0.1) is 0 Å². The van der Waals surface area contributed by atoms with Crippen molar-refractivity contribution in [2.24, 2.45) is 16.3 Å². The van der Waals surface area contributed by atoms with E-state index in [0.717, 1.165) is 16.8 Å². The van der Waals surface area contributed by atoms with Crippen LogP contribution in [-0.2, 0) is 20.7 Å². The zero-order valence-corrected chi connectivity index (χ0v) is 25.3. The molecule has 2 aromatic carbocycles. The van der Waals surface area contributed by atoms with Gasteiger partial charge in [0.1, 0.15) is 11.0 Å². The van der Waals surface area contributed by atoms with Crippen LogP contribution in [0, 0.1) is 18.3 Å². The van der Waals surface area contributed by atoms with E-state index in [9.17, 15) is 19.5 Å². The Morgan fingerprint density at radius 2 is 1.76 bits per heavy atom. The van der Waals surface area contributed by atoms with Crippen molar-refractivity contribution >= 4 is 29.3 Å². The normalized spacial score (nSPS) is 19.0. The summed E-state index contributed by atoms with van der Waals surface area (Å²) in [7, 11) is 1.31. The van der Waals surface area contributed by atoms with Crippen molar-refractivity contribution in [3.63, 3.8) is 0 Å². The van der Waals surface area contributed by atoms with Gasteiger partial charge in [0.25, 0.3) is 0 Å². The van der Waals surface area contributed by atoms with Crippen LogP contribution in [0.2, 0.25) is 0 Å². The Morgan fingerprint density at radius 3 is 2.32 bits per heavy atom. The van der Waals surface area contributed by atoms with Crippen LogP contribution < -0.4 is 5.32 Å². The summed E-state index contributed by atoms with van der Waals surface area (Å²) in [5, 5.41) is 13.9. The van der Waals surface area contributed by atoms with Gasteiger partial charge in [-0.1, -0.05) is 55.8 Å². The van der Waals surface area contributed by atoms with Gasteiger partial charge in [-0.25, -0.2) is 9.59 Å². The lowest BCUT2D eigenvalue weighted by Crippen LogP contribution is -2.48. The quantitative estimate of drug-likeness (QED) is 0.349. The predicted molar refractivity (Wildman–Crippen MR) is 160 cm³/mol. The maximum atomic E-state index is 13.5. The van der Waals surface area contributed by atoms with Crippen LogP contribution in [0.3, 0.4) is 0 Å². The Kier molecular flexibility index (Phi) is 9.79. The van der Waals surface area contributed by atoms with Crippen molar-refractivity contribution in [1.82, 2.24) is 5.32 Å². The first-order valence-electron chi connectivity index (χ1n) is 13.9. The summed E-state index contributed by atoms with van der Waals surface area (Å²) >= 11 is 0. The number of carboxylic acid groups (broad SMARTS) is 1. The van der Waals surface area contributed by atoms with Gasteiger partial charge in [0.2, 0.25) is 0 Å². The molecule has 2 aromatic rings. The number of carbonyl (C=O) groups excluding carboxylic acids is 2. The molecule has 0 spiro atoms. The molecule has 1 amide bonds. The molecule has 0 saturated heterocycles. The van der Waals surface area contributed by atoms with Gasteiger partial charge in [-0.2, -0.15) is 0 Å². The molecule has 8 heteroatoms. The second-order valence-electron chi connectivity index (χ2n) is 12.1. The van der Waals surface area contributed by atoms with Crippen LogP contribution in [0.5, 0.6) is 0 Å². The number of ether oxygens (including phenoxy) is 2. The minimum absolute atomic E-state index is 0.0492. The summed E-state index contributed by atoms with van der Waals surface area (Å²) < 4.78 is 10.4. The fourth-order valence-corrected chi connectivity index (χ4v) is 5.27. The van der Waals surface area contributed by atoms with E-state index >= 15 is 0 Å². The number of alkyl carbamates (subject to hydrolysis) is 1. The Bertz CT molecular complexity index is 1350. The third-order valence-electron chi connectivity index (χ3n) is 7.12. The van der Waals surface area contributed by atoms with Gasteiger partial charge in [0.15, 0.2) is 0 Å². The lowest BCUT2D eigenvalue weighted by Gasteiger charge is -2.42. The molecule has 2 unspecified atom stereocenters. The first-order chi connectivity index (χ1) is 19.2. The van der Waals surface area contributed by atoms with Crippen LogP contribution in [0.1, 0.15) is 75.0 Å². The van der Waals surface area contributed by atoms with E-state index in [1.165, 1.54) is 7.11 Å². The van der Waals surface area contributed by atoms with Gasteiger partial charge < -0.3 is 19.9 Å². The molecule has 0 saturated carbocycles. The number of hydrogen-bond acceptors (Lipinski definition) is 6. The Balaban J connectivity index is 2.28. The van der Waals surface area contributed by atoms with Crippen molar-refractivity contribution in [3.05, 3.63) is 76.4 Å². The fraction of sp³-hybridized carbons (Fsp3) is 0.455. The van der Waals surface area contributed by atoms with Crippen LogP contribution in [-0.4, -0.2) is 54.1 Å². The van der Waals surface area contributed by atoms with Gasteiger partial charge in [0.05, 0.1) is 18.7 Å². The molecule has 0 aromatic heterocycles. The number of dihydropyridines is 1. The number of hydrogen-bond donors (Lipinski definition) is 2. The highest BCUT2D eigenvalue weighted by Gasteiger charge is 2.51. The molecule has 2 N–H and O–H groups in total. The number of esters is 1. The number of carbonyl (C=O) groups is 3. The number of methoxy groups -OCH3 is 1. The third kappa shape index (κ3) is 7.43. The van der Waals surface area contributed by atoms with Crippen molar-refractivity contribution in [2.75, 3.05) is 13.7 Å². The smallest absolute Gasteiger partial charge is 0.407 e. The zero-order valence-electron chi connectivity index (χ0n) is 25.3. The standard InChI is InChI=1S/C33H42N2O6/c1-20(2)16-27-26(19-34-31(39)41-32(5,6)7)28(24-14-12-21(3)13-15-24)33(30(37)38,22(4)35-27)18-23-10-9-11-25(17-23)29(36)40-8/h9-15,17,20,22H,16,18-19H2,1-8H3,(H,34,39)(H,37,38). The number of aliphatic imine (C=N–C) groups is 1. The summed E-state index contributed by atoms with van der Waals surface area (Å²) in [4.78, 5) is 43.5. The molecule has 8 nitrogen and oxygen atoms in total. The lowest BCUT2D eigenvalue weighted by molar-refractivity contribution is -0.146. The van der Waals surface area contributed by atoms with Crippen molar-refractivity contribution in [3.8, 4) is 0 Å². The monoisotopic (exact) mass is 562 g/mol. The molecule has 3 rings (SSSR count). The molecule has 0 radical (unpaired) electrons. The molecule has 0 bridgehead atoms. The van der Waals surface area contributed by atoms with E-state index in [2.05, 4.69) is 19.2 Å². The maximum absolute atomic E-state index is 13.5. The van der Waals surface area contributed by atoms with Gasteiger partial charge in [-0.05, 0) is 87.8 Å². The molecule has 1 heterocycles. The van der Waals surface area contributed by atoms with Crippen LogP contribution >= 0.6 is 0 Å². The highest BCUT2D eigenvalue weighted by Crippen LogP contribution is 2.48. The Hall–Kier alpha value is -3.94. The van der Waals surface area contributed by atoms with E-state index in [4.69, 9.17) is 14.5 Å². The molecule has 0 aliphatic carbocycles. The average molecular weight is 563 g/mol. The van der Waals surface area contributed by atoms with E-state index in [1.807, 2.05) is 44.2 Å². The van der Waals surface area contributed by atoms with Gasteiger partial charge >= 0.3 is 18.0 Å². The van der Waals surface area contributed by atoms with Gasteiger partial charge in [0, 0.05) is 12.3 Å². The number of carboxylic acids is 1. The SMILES string of the molecule is COC(=O)c1cccc(CC2(C(=O)O)C(c3ccc(C)cc3)=C(CNC(=O)OC(C)(C)C)C(CC(C)C)=NC2C)c1. The number of aryl methyl sites for hydroxylation is 1. The van der Waals surface area contributed by atoms with E-state index < -0.39 is 35.1 Å². The number of amides is 1. The molecule has 1 aliphatic rings. The number of rotatable bonds is 9. The molecule has 220 valence electrons. The molecular formula is C33H42N2O6. The number of aliphatic carboxylic acids is 1. The summed E-state index contributed by atoms with van der Waals surface area (Å²) in [5.74, 6) is -1.29. The van der Waals surface area contributed by atoms with Gasteiger partial charge in [-0.3, -0.25) is 9.79 Å². The summed E-state index contributed by atoms with van der Waals surface area (Å²) in [5.41, 5.74) is 2.62. The largest absolute Gasteiger partial charge is 0.481 e. The van der Waals surface area contributed by atoms with E-state index in [1.54, 1.807) is 39.0 Å². The summed E-state index contributed by atoms with van der Waals surface area (Å²) in [6, 6.07) is 13.9. The average Bonchev–Trinajstić information content (AvgIpc) is 2.88. The second kappa shape index (κ2) is 12.7. The van der Waals surface area contributed by atoms with Crippen molar-refractivity contribution in [2.45, 2.75) is 73.0 Å². The van der Waals surface area contributed by atoms with E-state index in [-0.39, 0.29) is 18.9 Å². The molecular weight excluding hydrogens is 520 g/mol. The Labute approximate surface area is 242 Å². The van der Waals surface area contributed by atoms with Crippen molar-refractivity contribution < 1.29 is 29.0 Å². The highest BCUT2D eigenvalue weighted by molar-refractivity contribution is 6.13. The minimum atomic E-state index is -1.49. The van der Waals surface area contributed by atoms with Crippen molar-refractivity contribution in [1.29, 1.82) is 0 Å². The predicted octanol–water partition coefficient (Wildman–Crippen LogP) is 6.26. The summed E-state index contributed by atoms with van der Waals surface area (Å²) in [6.07, 6.45) is 0.0901. The number of nitrogens with zero attached hydrogens (tertiary/aromatic N) is 1. The van der Waals surface area contributed by atoms with Crippen LogP contribution in [0.4, 0.5) is 4.79 Å². The second-order valence-corrected chi connectivity index (χ2v) is 12.1. The minimum Gasteiger partial charge on any atom is -0.481 e. The molecule has 2 atom stereocenters. The van der Waals surface area contributed by atoms with Crippen LogP contribution in [0.15, 0.2) is 59.1 Å². The first-order valence-corrected chi connectivity index (χ1v) is 13.9. The number of benzene rings is 2. The van der Waals surface area contributed by atoms with Crippen LogP contribution in [0.25, 0.3) is 5.57 Å². The van der Waals surface area contributed by atoms with E-state index in [0.29, 0.717) is 28.7 Å². The lowest BCUT2D eigenvalue weighted by atomic mass is 9.64. The molecule has 41 heavy (non-hydrogen) atoms. The molecule has 1 aliphatic heterocycles.